The lowest BCUT2D eigenvalue weighted by atomic mass is 10.2. The Balaban J connectivity index is 2.34. The molecule has 2 aromatic rings. The fourth-order valence-electron chi connectivity index (χ4n) is 1.54. The number of hydrogen-bond acceptors (Lipinski definition) is 3. The minimum absolute atomic E-state index is 0.0405. The summed E-state index contributed by atoms with van der Waals surface area (Å²) in [4.78, 5) is 0. The van der Waals surface area contributed by atoms with E-state index < -0.39 is 10.0 Å². The maximum atomic E-state index is 11.5. The highest BCUT2D eigenvalue weighted by Gasteiger charge is 2.12. The maximum absolute atomic E-state index is 11.5. The molecule has 1 N–H and O–H groups in total. The van der Waals surface area contributed by atoms with Crippen LogP contribution in [0.15, 0.2) is 36.4 Å². The second kappa shape index (κ2) is 4.81. The number of aryl methyl sites for hydroxylation is 1. The van der Waals surface area contributed by atoms with Crippen LogP contribution < -0.4 is 4.72 Å². The lowest BCUT2D eigenvalue weighted by molar-refractivity contribution is 0.601. The summed E-state index contributed by atoms with van der Waals surface area (Å²) in [6, 6.07) is 11.3. The molecule has 6 heteroatoms. The molecule has 5 nitrogen and oxygen atoms in total. The lowest BCUT2D eigenvalue weighted by Crippen LogP contribution is -2.16. The van der Waals surface area contributed by atoms with Crippen LogP contribution in [-0.4, -0.2) is 24.0 Å². The zero-order valence-corrected chi connectivity index (χ0v) is 11.1. The van der Waals surface area contributed by atoms with Crippen molar-refractivity contribution in [3.8, 4) is 11.3 Å². The van der Waals surface area contributed by atoms with Gasteiger partial charge in [0, 0.05) is 18.7 Å². The molecular formula is C12H15N3O2S. The Morgan fingerprint density at radius 2 is 1.94 bits per heavy atom. The van der Waals surface area contributed by atoms with E-state index in [1.54, 1.807) is 20.0 Å². The monoisotopic (exact) mass is 265 g/mol. The van der Waals surface area contributed by atoms with Gasteiger partial charge in [0.2, 0.25) is 10.0 Å². The van der Waals surface area contributed by atoms with Crippen molar-refractivity contribution in [1.29, 1.82) is 0 Å². The fourth-order valence-corrected chi connectivity index (χ4v) is 2.20. The van der Waals surface area contributed by atoms with E-state index in [1.807, 2.05) is 30.3 Å². The Kier molecular flexibility index (Phi) is 3.38. The largest absolute Gasteiger partial charge is 0.268 e. The van der Waals surface area contributed by atoms with E-state index in [4.69, 9.17) is 0 Å². The molecule has 0 aliphatic rings. The molecule has 0 bridgehead atoms. The molecule has 96 valence electrons. The zero-order chi connectivity index (χ0) is 13.2. The van der Waals surface area contributed by atoms with Gasteiger partial charge in [-0.05, 0) is 6.92 Å². The molecule has 0 saturated carbocycles. The molecule has 0 saturated heterocycles. The number of rotatable bonds is 4. The van der Waals surface area contributed by atoms with Crippen molar-refractivity contribution in [2.24, 2.45) is 7.05 Å². The van der Waals surface area contributed by atoms with Crippen LogP contribution in [0.4, 0.5) is 5.82 Å². The normalized spacial score (nSPS) is 11.4. The topological polar surface area (TPSA) is 64.0 Å². The van der Waals surface area contributed by atoms with E-state index in [1.165, 1.54) is 4.68 Å². The van der Waals surface area contributed by atoms with Crippen LogP contribution in [0.25, 0.3) is 11.3 Å². The number of aromatic nitrogens is 2. The number of sulfonamides is 1. The van der Waals surface area contributed by atoms with Gasteiger partial charge in [0.15, 0.2) is 0 Å². The van der Waals surface area contributed by atoms with E-state index in [2.05, 4.69) is 9.82 Å². The summed E-state index contributed by atoms with van der Waals surface area (Å²) in [5, 5.41) is 4.29. The second-order valence-electron chi connectivity index (χ2n) is 3.91. The van der Waals surface area contributed by atoms with Crippen LogP contribution in [0.2, 0.25) is 0 Å². The van der Waals surface area contributed by atoms with Gasteiger partial charge in [-0.1, -0.05) is 30.3 Å². The summed E-state index contributed by atoms with van der Waals surface area (Å²) in [6.45, 7) is 1.59. The summed E-state index contributed by atoms with van der Waals surface area (Å²) >= 11 is 0. The molecule has 1 aromatic carbocycles. The molecule has 1 aromatic heterocycles. The second-order valence-corrected chi connectivity index (χ2v) is 5.92. The quantitative estimate of drug-likeness (QED) is 0.917. The van der Waals surface area contributed by atoms with E-state index >= 15 is 0 Å². The minimum atomic E-state index is -3.27. The third kappa shape index (κ3) is 2.70. The molecular weight excluding hydrogens is 250 g/mol. The minimum Gasteiger partial charge on any atom is -0.268 e. The molecule has 0 fully saturated rings. The number of nitrogens with zero attached hydrogens (tertiary/aromatic N) is 2. The predicted molar refractivity (Wildman–Crippen MR) is 71.7 cm³/mol. The van der Waals surface area contributed by atoms with Gasteiger partial charge in [-0.25, -0.2) is 8.42 Å². The van der Waals surface area contributed by atoms with Gasteiger partial charge in [-0.15, -0.1) is 0 Å². The fraction of sp³-hybridized carbons (Fsp3) is 0.250. The van der Waals surface area contributed by atoms with Crippen LogP contribution in [0.3, 0.4) is 0 Å². The van der Waals surface area contributed by atoms with Gasteiger partial charge < -0.3 is 0 Å². The van der Waals surface area contributed by atoms with E-state index in [-0.39, 0.29) is 5.75 Å². The Morgan fingerprint density at radius 3 is 2.56 bits per heavy atom. The van der Waals surface area contributed by atoms with Crippen molar-refractivity contribution in [2.45, 2.75) is 6.92 Å². The van der Waals surface area contributed by atoms with E-state index in [9.17, 15) is 8.42 Å². The predicted octanol–water partition coefficient (Wildman–Crippen LogP) is 1.85. The first-order chi connectivity index (χ1) is 8.52. The molecule has 0 atom stereocenters. The average Bonchev–Trinajstić information content (AvgIpc) is 2.72. The van der Waals surface area contributed by atoms with Gasteiger partial charge in [0.1, 0.15) is 5.82 Å². The smallest absolute Gasteiger partial charge is 0.233 e. The highest BCUT2D eigenvalue weighted by Crippen LogP contribution is 2.21. The van der Waals surface area contributed by atoms with Crippen LogP contribution in [0, 0.1) is 0 Å². The molecule has 1 heterocycles. The summed E-state index contributed by atoms with van der Waals surface area (Å²) in [7, 11) is -1.57. The Morgan fingerprint density at radius 1 is 1.28 bits per heavy atom. The number of nitrogens with one attached hydrogen (secondary N) is 1. The van der Waals surface area contributed by atoms with E-state index in [0.29, 0.717) is 5.82 Å². The van der Waals surface area contributed by atoms with Crippen molar-refractivity contribution < 1.29 is 8.42 Å². The summed E-state index contributed by atoms with van der Waals surface area (Å²) < 4.78 is 27.1. The molecule has 0 aliphatic heterocycles. The highest BCUT2D eigenvalue weighted by molar-refractivity contribution is 7.92. The van der Waals surface area contributed by atoms with Crippen molar-refractivity contribution in [1.82, 2.24) is 9.78 Å². The van der Waals surface area contributed by atoms with Crippen LogP contribution in [0.1, 0.15) is 6.92 Å². The number of anilines is 1. The van der Waals surface area contributed by atoms with E-state index in [0.717, 1.165) is 11.3 Å². The van der Waals surface area contributed by atoms with Gasteiger partial charge in [-0.3, -0.25) is 9.40 Å². The average molecular weight is 265 g/mol. The standard InChI is InChI=1S/C12H15N3O2S/c1-3-18(16,17)14-12-9-11(13-15(12)2)10-7-5-4-6-8-10/h4-9,14H,3H2,1-2H3. The number of hydrogen-bond donors (Lipinski definition) is 1. The Hall–Kier alpha value is -1.82. The zero-order valence-electron chi connectivity index (χ0n) is 10.3. The number of benzene rings is 1. The highest BCUT2D eigenvalue weighted by atomic mass is 32.2. The van der Waals surface area contributed by atoms with Crippen molar-refractivity contribution in [2.75, 3.05) is 10.5 Å². The molecule has 0 aliphatic carbocycles. The third-order valence-electron chi connectivity index (χ3n) is 2.59. The van der Waals surface area contributed by atoms with Gasteiger partial charge in [0.05, 0.1) is 11.4 Å². The summed E-state index contributed by atoms with van der Waals surface area (Å²) in [5.41, 5.74) is 1.70. The first kappa shape index (κ1) is 12.6. The molecule has 2 rings (SSSR count). The Bertz CT molecular complexity index is 633. The Labute approximate surface area is 107 Å². The SMILES string of the molecule is CCS(=O)(=O)Nc1cc(-c2ccccc2)nn1C. The first-order valence-electron chi connectivity index (χ1n) is 5.62. The van der Waals surface area contributed by atoms with Crippen molar-refractivity contribution in [3.63, 3.8) is 0 Å². The van der Waals surface area contributed by atoms with Gasteiger partial charge in [-0.2, -0.15) is 5.10 Å². The van der Waals surface area contributed by atoms with Gasteiger partial charge >= 0.3 is 0 Å². The van der Waals surface area contributed by atoms with Crippen LogP contribution in [0.5, 0.6) is 0 Å². The molecule has 18 heavy (non-hydrogen) atoms. The summed E-state index contributed by atoms with van der Waals surface area (Å²) in [5.74, 6) is 0.509. The van der Waals surface area contributed by atoms with Gasteiger partial charge in [0.25, 0.3) is 0 Å². The third-order valence-corrected chi connectivity index (χ3v) is 3.87. The summed E-state index contributed by atoms with van der Waals surface area (Å²) in [6.07, 6.45) is 0. The van der Waals surface area contributed by atoms with Crippen LogP contribution >= 0.6 is 0 Å². The molecule has 0 spiro atoms. The lowest BCUT2D eigenvalue weighted by Gasteiger charge is -2.04. The van der Waals surface area contributed by atoms with Crippen molar-refractivity contribution in [3.05, 3.63) is 36.4 Å². The molecule has 0 amide bonds. The van der Waals surface area contributed by atoms with Crippen LogP contribution in [-0.2, 0) is 17.1 Å². The maximum Gasteiger partial charge on any atom is 0.233 e. The molecule has 0 radical (unpaired) electrons. The van der Waals surface area contributed by atoms with Crippen molar-refractivity contribution >= 4 is 15.8 Å². The molecule has 0 unspecified atom stereocenters. The first-order valence-corrected chi connectivity index (χ1v) is 7.27.